The van der Waals surface area contributed by atoms with Crippen LogP contribution in [0.1, 0.15) is 416 Å². The molecule has 25 nitrogen and oxygen atoms in total. The predicted octanol–water partition coefficient (Wildman–Crippen LogP) is 23.1. The standard InChI is InChI=1S/C14H26O3.C13H24O3.C11H20O3.2C10H18O3.C10H20O3.C10H20O2.C9H18O3.C9H18O2/c1-5-14(3,4)13(15)17-11(2)16-12-9-7-6-8-10-12;1-4-10(2)13(14)16-11(3)15-12-8-6-5-7-9-12;1-4-11(2,3)10(12)14-9-7-5-6-8-13-9;1-4-10(2,3)9(11)13-8-6-5-7-12-8;1-3-8(2)10(11)13-9-6-4-5-7-12-9;1-6-10(4,5)9(11)13-8(3)12-7-2;1-7-10(5,6)8(11)12-9(2,3)4;1-5-7(3)9(10)12-8(4)11-6-2;1-6-7(2)8(10)11-9(3,4)5/h11-12H,5-10H2,1-4H3;10-12H,4-9H2,1-3H3;9H,4-8H2,1-3H3;8H,4-7H2,1-3H3;8-9H,3-7H2,1-2H3;8H,6-7H2,1-5H3;7H2,1-6H3;7-8H,5-6H2,1-4H3;7H,6H2,1-5H3. The number of ether oxygens (including phenoxy) is 16. The predicted molar refractivity (Wildman–Crippen MR) is 476 cm³/mol. The highest BCUT2D eigenvalue weighted by atomic mass is 16.7. The SMILES string of the molecule is CCC(C)(C)C(=O)OC(C)(C)C.CCC(C)(C)C(=O)OC(C)OC1CCCCC1.CCC(C)(C)C(=O)OC1CCCCO1.CCC(C)(C)C(=O)OC1CCCO1.CCC(C)C(=O)OC(C)(C)C.CCC(C)C(=O)OC(C)OC1CCCCC1.CCC(C)C(=O)OC1CCCCO1.CCOC(C)OC(=O)C(C)(C)CC.CCOC(C)OC(=O)C(C)CC. The summed E-state index contributed by atoms with van der Waals surface area (Å²) in [4.78, 5) is 103. The molecule has 716 valence electrons. The van der Waals surface area contributed by atoms with E-state index in [0.29, 0.717) is 26.4 Å². The number of carbonyl (C=O) groups excluding carboxylic acids is 9. The van der Waals surface area contributed by atoms with Crippen LogP contribution in [-0.2, 0) is 119 Å². The highest BCUT2D eigenvalue weighted by molar-refractivity contribution is 5.78. The summed E-state index contributed by atoms with van der Waals surface area (Å²) < 4.78 is 84.3. The molecule has 0 N–H and O–H groups in total. The average Bonchev–Trinajstić information content (AvgIpc) is 1.72. The van der Waals surface area contributed by atoms with Gasteiger partial charge in [-0.05, 0) is 268 Å². The van der Waals surface area contributed by atoms with Gasteiger partial charge in [0.1, 0.15) is 11.2 Å². The van der Waals surface area contributed by atoms with Crippen LogP contribution in [-0.4, -0.2) is 154 Å². The zero-order valence-corrected chi connectivity index (χ0v) is 83.3. The number of carbonyl (C=O) groups is 9. The molecule has 3 aliphatic heterocycles. The van der Waals surface area contributed by atoms with Crippen LogP contribution in [0.3, 0.4) is 0 Å². The maximum atomic E-state index is 11.8. The molecule has 2 saturated carbocycles. The van der Waals surface area contributed by atoms with E-state index in [0.717, 1.165) is 141 Å². The van der Waals surface area contributed by atoms with Crippen LogP contribution in [0.15, 0.2) is 0 Å². The number of hydrogen-bond acceptors (Lipinski definition) is 25. The van der Waals surface area contributed by atoms with Crippen LogP contribution in [0.5, 0.6) is 0 Å². The largest absolute Gasteiger partial charge is 0.460 e. The third-order valence-electron chi connectivity index (χ3n) is 21.7. The molecule has 11 unspecified atom stereocenters. The van der Waals surface area contributed by atoms with Crippen LogP contribution in [0.25, 0.3) is 0 Å². The molecule has 0 aromatic carbocycles. The average molecular weight is 1740 g/mol. The zero-order valence-electron chi connectivity index (χ0n) is 83.3. The van der Waals surface area contributed by atoms with Crippen molar-refractivity contribution in [2.45, 2.75) is 483 Å². The highest BCUT2D eigenvalue weighted by Gasteiger charge is 2.36. The Labute approximate surface area is 736 Å². The minimum Gasteiger partial charge on any atom is -0.460 e. The highest BCUT2D eigenvalue weighted by Crippen LogP contribution is 2.31. The van der Waals surface area contributed by atoms with Crippen molar-refractivity contribution in [1.82, 2.24) is 0 Å². The van der Waals surface area contributed by atoms with Crippen molar-refractivity contribution in [3.8, 4) is 0 Å². The van der Waals surface area contributed by atoms with E-state index in [1.807, 2.05) is 228 Å². The molecule has 5 rings (SSSR count). The molecule has 5 fully saturated rings. The molecule has 11 atom stereocenters. The quantitative estimate of drug-likeness (QED) is 0.0335. The van der Waals surface area contributed by atoms with Crippen molar-refractivity contribution in [2.75, 3.05) is 33.0 Å². The summed E-state index contributed by atoms with van der Waals surface area (Å²) in [5.74, 6) is -1.38. The van der Waals surface area contributed by atoms with E-state index in [-0.39, 0.29) is 136 Å². The third-order valence-corrected chi connectivity index (χ3v) is 21.7. The summed E-state index contributed by atoms with van der Waals surface area (Å²) in [6.07, 6.45) is 25.0. The minimum absolute atomic E-state index is 0.00877. The molecule has 0 radical (unpaired) electrons. The molecule has 2 aliphatic carbocycles. The van der Waals surface area contributed by atoms with Gasteiger partial charge in [-0.1, -0.05) is 129 Å². The van der Waals surface area contributed by atoms with E-state index in [1.54, 1.807) is 13.8 Å². The first-order valence-electron chi connectivity index (χ1n) is 46.4. The first-order valence-corrected chi connectivity index (χ1v) is 46.4. The fourth-order valence-electron chi connectivity index (χ4n) is 9.98. The Hall–Kier alpha value is -5.05. The normalized spacial score (nSPS) is 19.1. The van der Waals surface area contributed by atoms with Gasteiger partial charge in [0, 0.05) is 32.5 Å². The fraction of sp³-hybridized carbons (Fsp3) is 0.906. The van der Waals surface area contributed by atoms with Crippen molar-refractivity contribution < 1.29 is 119 Å². The molecule has 121 heavy (non-hydrogen) atoms. The molecule has 0 bridgehead atoms. The van der Waals surface area contributed by atoms with Crippen LogP contribution in [0.2, 0.25) is 0 Å². The third kappa shape index (κ3) is 61.1. The first kappa shape index (κ1) is 122. The van der Waals surface area contributed by atoms with Crippen molar-refractivity contribution >= 4 is 53.7 Å². The van der Waals surface area contributed by atoms with Gasteiger partial charge in [0.15, 0.2) is 25.2 Å². The lowest BCUT2D eigenvalue weighted by molar-refractivity contribution is -0.197. The molecule has 3 saturated heterocycles. The second-order valence-electron chi connectivity index (χ2n) is 37.4. The fourth-order valence-corrected chi connectivity index (χ4v) is 9.98. The van der Waals surface area contributed by atoms with Crippen LogP contribution < -0.4 is 0 Å². The minimum atomic E-state index is -0.441. The van der Waals surface area contributed by atoms with Gasteiger partial charge in [0.25, 0.3) is 0 Å². The molecule has 0 aromatic heterocycles. The van der Waals surface area contributed by atoms with Gasteiger partial charge in [0.2, 0.25) is 18.9 Å². The smallest absolute Gasteiger partial charge is 0.313 e. The van der Waals surface area contributed by atoms with Crippen molar-refractivity contribution in [3.05, 3.63) is 0 Å². The number of esters is 9. The van der Waals surface area contributed by atoms with Gasteiger partial charge in [-0.2, -0.15) is 0 Å². The summed E-state index contributed by atoms with van der Waals surface area (Å²) in [6, 6.07) is 0. The van der Waals surface area contributed by atoms with E-state index >= 15 is 0 Å². The Kier molecular flexibility index (Phi) is 66.2. The molecule has 0 spiro atoms. The van der Waals surface area contributed by atoms with Gasteiger partial charge >= 0.3 is 53.7 Å². The maximum absolute atomic E-state index is 11.8. The molecule has 5 aliphatic rings. The monoisotopic (exact) mass is 1740 g/mol. The molecule has 3 heterocycles. The number of rotatable bonds is 33. The second kappa shape index (κ2) is 65.5. The van der Waals surface area contributed by atoms with E-state index in [9.17, 15) is 43.2 Å². The lowest BCUT2D eigenvalue weighted by Crippen LogP contribution is -2.33. The summed E-state index contributed by atoms with van der Waals surface area (Å²) in [5, 5.41) is 0. The summed E-state index contributed by atoms with van der Waals surface area (Å²) in [6.45, 7) is 69.7. The summed E-state index contributed by atoms with van der Waals surface area (Å²) in [7, 11) is 0. The van der Waals surface area contributed by atoms with Gasteiger partial charge in [-0.25, -0.2) is 0 Å². The van der Waals surface area contributed by atoms with Crippen molar-refractivity contribution in [3.63, 3.8) is 0 Å². The summed E-state index contributed by atoms with van der Waals surface area (Å²) >= 11 is 0. The molecular formula is C96H182O25. The zero-order chi connectivity index (χ0) is 94.1. The lowest BCUT2D eigenvalue weighted by atomic mass is 9.90. The Morgan fingerprint density at radius 3 is 0.843 bits per heavy atom. The van der Waals surface area contributed by atoms with Crippen molar-refractivity contribution in [2.24, 2.45) is 50.7 Å². The molecular weight excluding hydrogens is 1550 g/mol. The van der Waals surface area contributed by atoms with Gasteiger partial charge in [-0.3, -0.25) is 43.2 Å². The van der Waals surface area contributed by atoms with Gasteiger partial charge < -0.3 is 75.8 Å². The number of hydrogen-bond donors (Lipinski definition) is 0. The van der Waals surface area contributed by atoms with Gasteiger partial charge in [0.05, 0.1) is 82.8 Å². The Balaban J connectivity index is -0.000000638. The van der Waals surface area contributed by atoms with Crippen LogP contribution >= 0.6 is 0 Å². The molecule has 0 aromatic rings. The van der Waals surface area contributed by atoms with E-state index in [4.69, 9.17) is 75.8 Å². The maximum Gasteiger partial charge on any atom is 0.313 e. The van der Waals surface area contributed by atoms with Gasteiger partial charge in [-0.15, -0.1) is 0 Å². The molecule has 0 amide bonds. The van der Waals surface area contributed by atoms with Crippen LogP contribution in [0.4, 0.5) is 0 Å². The Morgan fingerprint density at radius 2 is 0.545 bits per heavy atom. The van der Waals surface area contributed by atoms with Crippen LogP contribution in [0, 0.1) is 50.7 Å². The summed E-state index contributed by atoms with van der Waals surface area (Å²) in [5.41, 5.74) is -2.67. The van der Waals surface area contributed by atoms with Crippen molar-refractivity contribution in [1.29, 1.82) is 0 Å². The second-order valence-corrected chi connectivity index (χ2v) is 37.4. The topological polar surface area (TPSA) is 301 Å². The Bertz CT molecular complexity index is 2730. The van der Waals surface area contributed by atoms with E-state index < -0.39 is 36.0 Å². The first-order chi connectivity index (χ1) is 56.0. The Morgan fingerprint density at radius 1 is 0.281 bits per heavy atom. The van der Waals surface area contributed by atoms with E-state index in [2.05, 4.69) is 0 Å². The van der Waals surface area contributed by atoms with E-state index in [1.165, 1.54) is 38.5 Å². The molecule has 25 heteroatoms. The lowest BCUT2D eigenvalue weighted by Gasteiger charge is -2.28.